The minimum atomic E-state index is -0.851. The van der Waals surface area contributed by atoms with Gasteiger partial charge >= 0.3 is 0 Å². The molecular formula is C24H34N4O6. The van der Waals surface area contributed by atoms with E-state index < -0.39 is 23.8 Å². The molecule has 0 aliphatic carbocycles. The van der Waals surface area contributed by atoms with Crippen LogP contribution in [0.25, 0.3) is 0 Å². The smallest absolute Gasteiger partial charge is 0.258 e. The van der Waals surface area contributed by atoms with Crippen LogP contribution in [-0.4, -0.2) is 67.6 Å². The maximum Gasteiger partial charge on any atom is 0.258 e. The lowest BCUT2D eigenvalue weighted by Crippen LogP contribution is -2.53. The first-order chi connectivity index (χ1) is 16.4. The molecule has 0 spiro atoms. The lowest BCUT2D eigenvalue weighted by Gasteiger charge is -2.30. The summed E-state index contributed by atoms with van der Waals surface area (Å²) in [6, 6.07) is 3.65. The molecule has 1 aliphatic heterocycles. The molecule has 0 radical (unpaired) electrons. The Morgan fingerprint density at radius 3 is 2.56 bits per heavy atom. The molecule has 0 saturated carbocycles. The van der Waals surface area contributed by atoms with E-state index in [2.05, 4.69) is 10.6 Å². The third-order valence-electron chi connectivity index (χ3n) is 5.71. The SMILES string of the molecule is CN(C(=O)c1c(C=O)cccc1OCC(=O)NCCCCCCCCN)C1CCC(=O)NC1=O. The number of ether oxygens (including phenoxy) is 1. The summed E-state index contributed by atoms with van der Waals surface area (Å²) in [5, 5.41) is 4.99. The Hall–Kier alpha value is -3.27. The highest BCUT2D eigenvalue weighted by atomic mass is 16.5. The van der Waals surface area contributed by atoms with Gasteiger partial charge in [0.25, 0.3) is 11.8 Å². The molecular weight excluding hydrogens is 440 g/mol. The zero-order chi connectivity index (χ0) is 24.9. The third kappa shape index (κ3) is 7.95. The highest BCUT2D eigenvalue weighted by Gasteiger charge is 2.34. The van der Waals surface area contributed by atoms with Gasteiger partial charge in [0.1, 0.15) is 11.8 Å². The van der Waals surface area contributed by atoms with Crippen molar-refractivity contribution < 1.29 is 28.7 Å². The lowest BCUT2D eigenvalue weighted by molar-refractivity contribution is -0.136. The van der Waals surface area contributed by atoms with Crippen molar-refractivity contribution in [2.75, 3.05) is 26.7 Å². The molecule has 0 aromatic heterocycles. The van der Waals surface area contributed by atoms with Gasteiger partial charge in [-0.3, -0.25) is 29.3 Å². The quantitative estimate of drug-likeness (QED) is 0.208. The highest BCUT2D eigenvalue weighted by molar-refractivity contribution is 6.07. The fraction of sp³-hybridized carbons (Fsp3) is 0.542. The summed E-state index contributed by atoms with van der Waals surface area (Å²) >= 11 is 0. The number of imide groups is 1. The fourth-order valence-electron chi connectivity index (χ4n) is 3.76. The van der Waals surface area contributed by atoms with Crippen LogP contribution in [0.3, 0.4) is 0 Å². The number of benzene rings is 1. The van der Waals surface area contributed by atoms with Gasteiger partial charge in [0, 0.05) is 25.6 Å². The number of carbonyl (C=O) groups excluding carboxylic acids is 5. The minimum Gasteiger partial charge on any atom is -0.483 e. The summed E-state index contributed by atoms with van der Waals surface area (Å²) in [6.07, 6.45) is 7.06. The maximum absolute atomic E-state index is 13.2. The van der Waals surface area contributed by atoms with Gasteiger partial charge in [-0.1, -0.05) is 37.8 Å². The molecule has 10 heteroatoms. The Morgan fingerprint density at radius 1 is 1.18 bits per heavy atom. The molecule has 1 aromatic rings. The first-order valence-electron chi connectivity index (χ1n) is 11.7. The van der Waals surface area contributed by atoms with E-state index in [1.807, 2.05) is 0 Å². The Morgan fingerprint density at radius 2 is 1.88 bits per heavy atom. The van der Waals surface area contributed by atoms with Crippen molar-refractivity contribution in [3.63, 3.8) is 0 Å². The van der Waals surface area contributed by atoms with Crippen molar-refractivity contribution in [3.05, 3.63) is 29.3 Å². The van der Waals surface area contributed by atoms with E-state index in [0.29, 0.717) is 19.4 Å². The van der Waals surface area contributed by atoms with Crippen LogP contribution in [0.2, 0.25) is 0 Å². The fourth-order valence-corrected chi connectivity index (χ4v) is 3.76. The third-order valence-corrected chi connectivity index (χ3v) is 5.71. The molecule has 1 heterocycles. The summed E-state index contributed by atoms with van der Waals surface area (Å²) in [5.74, 6) is -1.84. The van der Waals surface area contributed by atoms with E-state index in [4.69, 9.17) is 10.5 Å². The van der Waals surface area contributed by atoms with Gasteiger partial charge in [0.15, 0.2) is 12.9 Å². The monoisotopic (exact) mass is 474 g/mol. The molecule has 1 saturated heterocycles. The van der Waals surface area contributed by atoms with Crippen molar-refractivity contribution >= 4 is 29.9 Å². The van der Waals surface area contributed by atoms with Crippen molar-refractivity contribution in [1.82, 2.24) is 15.5 Å². The number of amides is 4. The van der Waals surface area contributed by atoms with Crippen molar-refractivity contribution in [3.8, 4) is 5.75 Å². The normalized spacial score (nSPS) is 15.4. The molecule has 4 amide bonds. The summed E-state index contributed by atoms with van der Waals surface area (Å²) < 4.78 is 5.58. The van der Waals surface area contributed by atoms with Crippen LogP contribution < -0.4 is 21.1 Å². The van der Waals surface area contributed by atoms with Crippen molar-refractivity contribution in [1.29, 1.82) is 0 Å². The molecule has 0 bridgehead atoms. The minimum absolute atomic E-state index is 0.0324. The second-order valence-electron chi connectivity index (χ2n) is 8.27. The van der Waals surface area contributed by atoms with Gasteiger partial charge in [-0.05, 0) is 31.9 Å². The average molecular weight is 475 g/mol. The zero-order valence-corrected chi connectivity index (χ0v) is 19.6. The molecule has 1 aromatic carbocycles. The number of nitrogens with zero attached hydrogens (tertiary/aromatic N) is 1. The molecule has 34 heavy (non-hydrogen) atoms. The van der Waals surface area contributed by atoms with E-state index in [-0.39, 0.29) is 42.2 Å². The summed E-state index contributed by atoms with van der Waals surface area (Å²) in [7, 11) is 1.43. The first-order valence-corrected chi connectivity index (χ1v) is 11.7. The Labute approximate surface area is 199 Å². The molecule has 1 aliphatic rings. The van der Waals surface area contributed by atoms with E-state index in [1.165, 1.54) is 24.1 Å². The summed E-state index contributed by atoms with van der Waals surface area (Å²) in [4.78, 5) is 61.7. The largest absolute Gasteiger partial charge is 0.483 e. The number of carbonyl (C=O) groups is 5. The van der Waals surface area contributed by atoms with E-state index in [0.717, 1.165) is 38.5 Å². The number of likely N-dealkylation sites (N-methyl/N-ethyl adjacent to an activating group) is 1. The molecule has 2 rings (SSSR count). The van der Waals surface area contributed by atoms with Gasteiger partial charge in [-0.15, -0.1) is 0 Å². The first kappa shape index (κ1) is 27.0. The van der Waals surface area contributed by atoms with Crippen LogP contribution in [0.1, 0.15) is 72.1 Å². The van der Waals surface area contributed by atoms with E-state index >= 15 is 0 Å². The van der Waals surface area contributed by atoms with Crippen molar-refractivity contribution in [2.45, 2.75) is 57.4 Å². The predicted octanol–water partition coefficient (Wildman–Crippen LogP) is 1.17. The van der Waals surface area contributed by atoms with Crippen LogP contribution in [0.4, 0.5) is 0 Å². The van der Waals surface area contributed by atoms with Gasteiger partial charge in [-0.25, -0.2) is 0 Å². The van der Waals surface area contributed by atoms with Gasteiger partial charge in [0.05, 0.1) is 5.56 Å². The second-order valence-corrected chi connectivity index (χ2v) is 8.27. The van der Waals surface area contributed by atoms with Crippen LogP contribution in [0, 0.1) is 0 Å². The second kappa shape index (κ2) is 14.1. The Bertz CT molecular complexity index is 888. The molecule has 1 unspecified atom stereocenters. The van der Waals surface area contributed by atoms with Crippen LogP contribution in [0.5, 0.6) is 5.75 Å². The number of aldehydes is 1. The molecule has 1 fully saturated rings. The number of nitrogens with one attached hydrogen (secondary N) is 2. The number of hydrogen-bond donors (Lipinski definition) is 3. The number of piperidine rings is 1. The van der Waals surface area contributed by atoms with Gasteiger partial charge in [-0.2, -0.15) is 0 Å². The van der Waals surface area contributed by atoms with Crippen LogP contribution >= 0.6 is 0 Å². The number of nitrogens with two attached hydrogens (primary N) is 1. The standard InChI is InChI=1S/C24H34N4O6/c1-28(18-11-12-20(30)27-23(18)32)24(33)22-17(15-29)9-8-10-19(22)34-16-21(31)26-14-7-5-3-2-4-6-13-25/h8-10,15,18H,2-7,11-14,16,25H2,1H3,(H,26,31)(H,27,30,32). The van der Waals surface area contributed by atoms with E-state index in [9.17, 15) is 24.0 Å². The lowest BCUT2D eigenvalue weighted by atomic mass is 10.0. The number of rotatable bonds is 14. The maximum atomic E-state index is 13.2. The summed E-state index contributed by atoms with van der Waals surface area (Å²) in [5.41, 5.74) is 5.52. The van der Waals surface area contributed by atoms with Gasteiger partial charge < -0.3 is 20.7 Å². The van der Waals surface area contributed by atoms with Gasteiger partial charge in [0.2, 0.25) is 11.8 Å². The number of hydrogen-bond acceptors (Lipinski definition) is 7. The summed E-state index contributed by atoms with van der Waals surface area (Å²) in [6.45, 7) is 0.922. The zero-order valence-electron chi connectivity index (χ0n) is 19.6. The van der Waals surface area contributed by atoms with Crippen molar-refractivity contribution in [2.24, 2.45) is 5.73 Å². The molecule has 186 valence electrons. The Balaban J connectivity index is 1.93. The molecule has 4 N–H and O–H groups in total. The Kier molecular flexibility index (Phi) is 11.2. The van der Waals surface area contributed by atoms with E-state index in [1.54, 1.807) is 6.07 Å². The molecule has 10 nitrogen and oxygen atoms in total. The average Bonchev–Trinajstić information content (AvgIpc) is 2.83. The highest BCUT2D eigenvalue weighted by Crippen LogP contribution is 2.25. The topological polar surface area (TPSA) is 148 Å². The van der Waals surface area contributed by atoms with Crippen LogP contribution in [-0.2, 0) is 14.4 Å². The molecule has 1 atom stereocenters. The predicted molar refractivity (Wildman–Crippen MR) is 125 cm³/mol. The van der Waals surface area contributed by atoms with Crippen LogP contribution in [0.15, 0.2) is 18.2 Å². The number of unbranched alkanes of at least 4 members (excludes halogenated alkanes) is 5.